The van der Waals surface area contributed by atoms with E-state index in [0.717, 1.165) is 48.8 Å². The number of benzene rings is 1. The van der Waals surface area contributed by atoms with Crippen LogP contribution in [0.1, 0.15) is 59.0 Å². The fourth-order valence-corrected chi connectivity index (χ4v) is 7.19. The number of likely N-dealkylation sites (tertiary alicyclic amines) is 1. The van der Waals surface area contributed by atoms with Gasteiger partial charge in [0.25, 0.3) is 0 Å². The first kappa shape index (κ1) is 16.8. The minimum Gasteiger partial charge on any atom is -0.504 e. The second-order valence-corrected chi connectivity index (χ2v) is 10.2. The van der Waals surface area contributed by atoms with Gasteiger partial charge >= 0.3 is 0 Å². The molecule has 5 heteroatoms. The van der Waals surface area contributed by atoms with Crippen LogP contribution in [-0.2, 0) is 18.3 Å². The highest BCUT2D eigenvalue weighted by atomic mass is 16.5. The monoisotopic (exact) mass is 392 g/mol. The summed E-state index contributed by atoms with van der Waals surface area (Å²) in [4.78, 5) is 6.17. The van der Waals surface area contributed by atoms with Crippen molar-refractivity contribution >= 4 is 0 Å². The van der Waals surface area contributed by atoms with Gasteiger partial charge < -0.3 is 19.9 Å². The van der Waals surface area contributed by atoms with Gasteiger partial charge in [-0.05, 0) is 74.8 Å². The van der Waals surface area contributed by atoms with Crippen LogP contribution in [0.2, 0.25) is 0 Å². The van der Waals surface area contributed by atoms with Gasteiger partial charge in [-0.2, -0.15) is 0 Å². The summed E-state index contributed by atoms with van der Waals surface area (Å²) in [6.45, 7) is 6.35. The lowest BCUT2D eigenvalue weighted by Gasteiger charge is -2.62. The SMILES string of the molecule is Cc1[nH]c2c(c1C)C[C@@]1(O)C3Cc4ccc(O)c5c4C1(CCN3CC1CC1)[C@H]2O5. The molecular weight excluding hydrogens is 364 g/mol. The maximum atomic E-state index is 12.6. The molecule has 7 rings (SSSR count). The van der Waals surface area contributed by atoms with E-state index >= 15 is 0 Å². The first-order chi connectivity index (χ1) is 13.9. The standard InChI is InChI=1S/C24H28N2O3/c1-12-13(2)25-20-16(12)10-24(28)18-9-15-5-6-17(27)21-19(15)23(24,22(20)29-21)7-8-26(18)11-14-3-4-14/h5-6,14,18,22,25,27-28H,3-4,7-11H2,1-2H3/t18?,22-,23?,24+/m0/s1. The minimum atomic E-state index is -0.872. The van der Waals surface area contributed by atoms with Crippen LogP contribution in [0, 0.1) is 19.8 Å². The Morgan fingerprint density at radius 2 is 2.10 bits per heavy atom. The number of aryl methyl sites for hydroxylation is 1. The average molecular weight is 392 g/mol. The molecule has 2 fully saturated rings. The number of hydrogen-bond donors (Lipinski definition) is 3. The molecule has 152 valence electrons. The predicted octanol–water partition coefficient (Wildman–Crippen LogP) is 3.04. The van der Waals surface area contributed by atoms with E-state index in [1.54, 1.807) is 6.07 Å². The molecule has 3 N–H and O–H groups in total. The zero-order valence-corrected chi connectivity index (χ0v) is 17.1. The van der Waals surface area contributed by atoms with Gasteiger partial charge in [0, 0.05) is 30.3 Å². The highest BCUT2D eigenvalue weighted by molar-refractivity contribution is 5.65. The molecule has 0 amide bonds. The Bertz CT molecular complexity index is 1070. The number of aromatic hydroxyl groups is 1. The Balaban J connectivity index is 1.51. The lowest BCUT2D eigenvalue weighted by Crippen LogP contribution is -2.74. The van der Waals surface area contributed by atoms with Gasteiger partial charge in [0.05, 0.1) is 16.7 Å². The molecular formula is C24H28N2O3. The highest BCUT2D eigenvalue weighted by Crippen LogP contribution is 2.68. The van der Waals surface area contributed by atoms with Crippen molar-refractivity contribution in [2.75, 3.05) is 13.1 Å². The summed E-state index contributed by atoms with van der Waals surface area (Å²) >= 11 is 0. The van der Waals surface area contributed by atoms with Crippen molar-refractivity contribution in [3.05, 3.63) is 45.8 Å². The Labute approximate surface area is 170 Å². The first-order valence-corrected chi connectivity index (χ1v) is 11.1. The molecule has 1 spiro atoms. The lowest BCUT2D eigenvalue weighted by atomic mass is 9.49. The number of aromatic nitrogens is 1. The van der Waals surface area contributed by atoms with E-state index in [9.17, 15) is 10.2 Å². The Kier molecular flexibility index (Phi) is 2.90. The molecule has 2 unspecified atom stereocenters. The van der Waals surface area contributed by atoms with Crippen LogP contribution in [0.4, 0.5) is 0 Å². The van der Waals surface area contributed by atoms with Crippen molar-refractivity contribution in [1.82, 2.24) is 9.88 Å². The third kappa shape index (κ3) is 1.77. The zero-order chi connectivity index (χ0) is 19.7. The minimum absolute atomic E-state index is 0.105. The largest absolute Gasteiger partial charge is 0.504 e. The number of aliphatic hydroxyl groups is 1. The zero-order valence-electron chi connectivity index (χ0n) is 17.1. The van der Waals surface area contributed by atoms with E-state index < -0.39 is 11.0 Å². The summed E-state index contributed by atoms with van der Waals surface area (Å²) in [6, 6.07) is 3.95. The van der Waals surface area contributed by atoms with Gasteiger partial charge in [-0.3, -0.25) is 4.90 Å². The molecule has 1 saturated carbocycles. The van der Waals surface area contributed by atoms with Crippen LogP contribution in [-0.4, -0.2) is 44.8 Å². The van der Waals surface area contributed by atoms with Crippen molar-refractivity contribution < 1.29 is 14.9 Å². The first-order valence-electron chi connectivity index (χ1n) is 11.1. The van der Waals surface area contributed by atoms with Crippen molar-refractivity contribution in [2.45, 2.75) is 69.1 Å². The van der Waals surface area contributed by atoms with E-state index in [4.69, 9.17) is 4.74 Å². The fourth-order valence-electron chi connectivity index (χ4n) is 7.19. The normalized spacial score (nSPS) is 36.5. The number of aromatic amines is 1. The lowest BCUT2D eigenvalue weighted by molar-refractivity contribution is -0.173. The summed E-state index contributed by atoms with van der Waals surface area (Å²) in [5.74, 6) is 1.61. The Hall–Kier alpha value is -1.98. The maximum absolute atomic E-state index is 12.6. The van der Waals surface area contributed by atoms with Gasteiger partial charge in [-0.15, -0.1) is 0 Å². The van der Waals surface area contributed by atoms with Crippen molar-refractivity contribution in [2.24, 2.45) is 5.92 Å². The molecule has 29 heavy (non-hydrogen) atoms. The molecule has 2 aliphatic heterocycles. The molecule has 4 atom stereocenters. The predicted molar refractivity (Wildman–Crippen MR) is 108 cm³/mol. The van der Waals surface area contributed by atoms with Crippen LogP contribution in [0.5, 0.6) is 11.5 Å². The summed E-state index contributed by atoms with van der Waals surface area (Å²) in [6.07, 6.45) is 4.77. The molecule has 2 bridgehead atoms. The molecule has 1 saturated heterocycles. The molecule has 1 aromatic carbocycles. The number of phenols is 1. The Morgan fingerprint density at radius 3 is 2.90 bits per heavy atom. The van der Waals surface area contributed by atoms with Gasteiger partial charge in [0.2, 0.25) is 0 Å². The Morgan fingerprint density at radius 1 is 1.28 bits per heavy atom. The van der Waals surface area contributed by atoms with E-state index in [1.165, 1.54) is 29.5 Å². The summed E-state index contributed by atoms with van der Waals surface area (Å²) < 4.78 is 6.54. The van der Waals surface area contributed by atoms with Crippen molar-refractivity contribution in [1.29, 1.82) is 0 Å². The number of fused-ring (bicyclic) bond motifs is 2. The smallest absolute Gasteiger partial charge is 0.166 e. The summed E-state index contributed by atoms with van der Waals surface area (Å²) in [7, 11) is 0. The second kappa shape index (κ2) is 5.01. The number of ether oxygens (including phenoxy) is 1. The number of H-pyrrole nitrogens is 1. The third-order valence-corrected chi connectivity index (χ3v) is 8.88. The number of nitrogens with one attached hydrogen (secondary N) is 1. The van der Waals surface area contributed by atoms with Gasteiger partial charge in [0.15, 0.2) is 17.6 Å². The number of piperidine rings is 1. The summed E-state index contributed by atoms with van der Waals surface area (Å²) in [5.41, 5.74) is 5.72. The average Bonchev–Trinajstić information content (AvgIpc) is 3.37. The fraction of sp³-hybridized carbons (Fsp3) is 0.583. The van der Waals surface area contributed by atoms with Crippen molar-refractivity contribution in [3.63, 3.8) is 0 Å². The van der Waals surface area contributed by atoms with E-state index in [-0.39, 0.29) is 17.9 Å². The maximum Gasteiger partial charge on any atom is 0.166 e. The van der Waals surface area contributed by atoms with Crippen LogP contribution in [0.15, 0.2) is 12.1 Å². The highest BCUT2D eigenvalue weighted by Gasteiger charge is 2.72. The number of phenolic OH excluding ortho intramolecular Hbond substituents is 1. The van der Waals surface area contributed by atoms with Gasteiger partial charge in [-0.25, -0.2) is 0 Å². The number of hydrogen-bond acceptors (Lipinski definition) is 4. The number of rotatable bonds is 2. The second-order valence-electron chi connectivity index (χ2n) is 10.2. The number of nitrogens with zero attached hydrogens (tertiary/aromatic N) is 1. The van der Waals surface area contributed by atoms with E-state index in [0.29, 0.717) is 12.2 Å². The summed E-state index contributed by atoms with van der Waals surface area (Å²) in [5, 5.41) is 23.2. The molecule has 3 aliphatic carbocycles. The van der Waals surface area contributed by atoms with Gasteiger partial charge in [-0.1, -0.05) is 6.07 Å². The molecule has 0 radical (unpaired) electrons. The van der Waals surface area contributed by atoms with Crippen LogP contribution >= 0.6 is 0 Å². The molecule has 2 aromatic rings. The van der Waals surface area contributed by atoms with E-state index in [1.807, 2.05) is 0 Å². The quantitative estimate of drug-likeness (QED) is 0.735. The van der Waals surface area contributed by atoms with E-state index in [2.05, 4.69) is 29.8 Å². The van der Waals surface area contributed by atoms with Crippen LogP contribution < -0.4 is 4.74 Å². The topological polar surface area (TPSA) is 68.7 Å². The molecule has 1 aromatic heterocycles. The van der Waals surface area contributed by atoms with Crippen LogP contribution in [0.25, 0.3) is 0 Å². The van der Waals surface area contributed by atoms with Gasteiger partial charge in [0.1, 0.15) is 0 Å². The third-order valence-electron chi connectivity index (χ3n) is 8.88. The van der Waals surface area contributed by atoms with Crippen LogP contribution in [0.3, 0.4) is 0 Å². The van der Waals surface area contributed by atoms with Crippen molar-refractivity contribution in [3.8, 4) is 11.5 Å². The molecule has 5 nitrogen and oxygen atoms in total. The molecule has 3 heterocycles. The molecule has 5 aliphatic rings.